The molecule has 22 heavy (non-hydrogen) atoms. The highest BCUT2D eigenvalue weighted by molar-refractivity contribution is 9.10. The average Bonchev–Trinajstić information content (AvgIpc) is 2.47. The molecular formula is C16H15BrO5. The van der Waals surface area contributed by atoms with Crippen LogP contribution in [0, 0.1) is 0 Å². The number of esters is 2. The zero-order chi connectivity index (χ0) is 15.7. The first-order valence-electron chi connectivity index (χ1n) is 7.16. The highest BCUT2D eigenvalue weighted by atomic mass is 79.9. The third-order valence-corrected chi connectivity index (χ3v) is 4.53. The molecule has 1 saturated carbocycles. The van der Waals surface area contributed by atoms with Crippen molar-refractivity contribution in [3.63, 3.8) is 0 Å². The van der Waals surface area contributed by atoms with Gasteiger partial charge >= 0.3 is 11.9 Å². The van der Waals surface area contributed by atoms with Crippen molar-refractivity contribution in [1.82, 2.24) is 0 Å². The minimum absolute atomic E-state index is 0.0807. The van der Waals surface area contributed by atoms with E-state index in [9.17, 15) is 14.7 Å². The minimum atomic E-state index is -1.07. The van der Waals surface area contributed by atoms with E-state index in [0.717, 1.165) is 19.3 Å². The highest BCUT2D eigenvalue weighted by Gasteiger charge is 2.46. The topological polar surface area (TPSA) is 72.8 Å². The molecule has 0 unspecified atom stereocenters. The summed E-state index contributed by atoms with van der Waals surface area (Å²) in [5.41, 5.74) is 0.460. The molecule has 1 spiro atoms. The predicted molar refractivity (Wildman–Crippen MR) is 81.8 cm³/mol. The van der Waals surface area contributed by atoms with E-state index in [0.29, 0.717) is 22.9 Å². The van der Waals surface area contributed by atoms with Crippen LogP contribution >= 0.6 is 15.9 Å². The number of halogens is 1. The molecule has 0 amide bonds. The smallest absolute Gasteiger partial charge is 0.348 e. The molecule has 0 radical (unpaired) electrons. The molecule has 1 heterocycles. The van der Waals surface area contributed by atoms with Gasteiger partial charge in [0.05, 0.1) is 4.47 Å². The number of aromatic hydroxyl groups is 1. The van der Waals surface area contributed by atoms with Crippen LogP contribution in [0.3, 0.4) is 0 Å². The lowest BCUT2D eigenvalue weighted by molar-refractivity contribution is -0.244. The molecule has 1 N–H and O–H groups in total. The predicted octanol–water partition coefficient (Wildman–Crippen LogP) is 3.30. The molecule has 5 nitrogen and oxygen atoms in total. The number of rotatable bonds is 1. The lowest BCUT2D eigenvalue weighted by Crippen LogP contribution is -2.47. The van der Waals surface area contributed by atoms with Crippen LogP contribution in [0.1, 0.15) is 37.7 Å². The lowest BCUT2D eigenvalue weighted by atomic mass is 9.93. The maximum Gasteiger partial charge on any atom is 0.348 e. The molecule has 3 rings (SSSR count). The molecule has 1 aromatic rings. The first kappa shape index (κ1) is 15.1. The minimum Gasteiger partial charge on any atom is -0.507 e. The second kappa shape index (κ2) is 5.76. The Morgan fingerprint density at radius 3 is 2.32 bits per heavy atom. The molecule has 0 bridgehead atoms. The number of phenolic OH excluding ortho intramolecular Hbond substituents is 1. The molecule has 1 aliphatic heterocycles. The maximum absolute atomic E-state index is 12.2. The standard InChI is InChI=1S/C16H15BrO5/c17-12-9-10(4-5-13(12)18)8-11-14(19)21-16(22-15(11)20)6-2-1-3-7-16/h4-5,8-9,18H,1-3,6-7H2. The van der Waals surface area contributed by atoms with Gasteiger partial charge in [-0.05, 0) is 52.5 Å². The highest BCUT2D eigenvalue weighted by Crippen LogP contribution is 2.37. The van der Waals surface area contributed by atoms with Gasteiger partial charge in [-0.1, -0.05) is 12.5 Å². The normalized spacial score (nSPS) is 20.5. The van der Waals surface area contributed by atoms with E-state index in [4.69, 9.17) is 9.47 Å². The Kier molecular flexibility index (Phi) is 3.95. The fraction of sp³-hybridized carbons (Fsp3) is 0.375. The number of hydrogen-bond donors (Lipinski definition) is 1. The Hall–Kier alpha value is -1.82. The van der Waals surface area contributed by atoms with E-state index in [1.165, 1.54) is 12.1 Å². The molecule has 0 atom stereocenters. The lowest BCUT2D eigenvalue weighted by Gasteiger charge is -2.38. The molecule has 1 aromatic carbocycles. The summed E-state index contributed by atoms with van der Waals surface area (Å²) in [5.74, 6) is -2.29. The van der Waals surface area contributed by atoms with Crippen molar-refractivity contribution in [1.29, 1.82) is 0 Å². The molecular weight excluding hydrogens is 352 g/mol. The number of phenols is 1. The molecule has 0 aromatic heterocycles. The number of carbonyl (C=O) groups is 2. The van der Waals surface area contributed by atoms with Crippen LogP contribution in [-0.2, 0) is 19.1 Å². The largest absolute Gasteiger partial charge is 0.507 e. The van der Waals surface area contributed by atoms with Gasteiger partial charge in [0.15, 0.2) is 0 Å². The van der Waals surface area contributed by atoms with E-state index in [1.54, 1.807) is 12.1 Å². The van der Waals surface area contributed by atoms with Gasteiger partial charge < -0.3 is 14.6 Å². The Morgan fingerprint density at radius 1 is 1.09 bits per heavy atom. The van der Waals surface area contributed by atoms with Crippen molar-refractivity contribution in [2.45, 2.75) is 37.9 Å². The summed E-state index contributed by atoms with van der Waals surface area (Å²) in [6, 6.07) is 4.67. The van der Waals surface area contributed by atoms with Gasteiger partial charge in [0, 0.05) is 12.8 Å². The van der Waals surface area contributed by atoms with Gasteiger partial charge in [0.1, 0.15) is 11.3 Å². The maximum atomic E-state index is 12.2. The molecule has 6 heteroatoms. The van der Waals surface area contributed by atoms with Crippen LogP contribution in [0.15, 0.2) is 28.2 Å². The van der Waals surface area contributed by atoms with Gasteiger partial charge in [-0.2, -0.15) is 0 Å². The van der Waals surface area contributed by atoms with Crippen LogP contribution in [-0.4, -0.2) is 22.8 Å². The van der Waals surface area contributed by atoms with Crippen LogP contribution in [0.4, 0.5) is 0 Å². The summed E-state index contributed by atoms with van der Waals surface area (Å²) in [5, 5.41) is 9.47. The summed E-state index contributed by atoms with van der Waals surface area (Å²) in [6.07, 6.45) is 5.34. The quantitative estimate of drug-likeness (QED) is 0.469. The second-order valence-corrected chi connectivity index (χ2v) is 6.37. The first-order valence-corrected chi connectivity index (χ1v) is 7.95. The Balaban J connectivity index is 1.86. The van der Waals surface area contributed by atoms with Crippen LogP contribution in [0.25, 0.3) is 6.08 Å². The Morgan fingerprint density at radius 2 is 1.73 bits per heavy atom. The van der Waals surface area contributed by atoms with Gasteiger partial charge in [0.2, 0.25) is 0 Å². The van der Waals surface area contributed by atoms with Crippen molar-refractivity contribution in [3.8, 4) is 5.75 Å². The number of hydrogen-bond acceptors (Lipinski definition) is 5. The zero-order valence-corrected chi connectivity index (χ0v) is 13.4. The second-order valence-electron chi connectivity index (χ2n) is 5.52. The number of benzene rings is 1. The van der Waals surface area contributed by atoms with Crippen molar-refractivity contribution in [3.05, 3.63) is 33.8 Å². The third-order valence-electron chi connectivity index (χ3n) is 3.90. The monoisotopic (exact) mass is 366 g/mol. The number of carbonyl (C=O) groups excluding carboxylic acids is 2. The van der Waals surface area contributed by atoms with E-state index in [2.05, 4.69) is 15.9 Å². The molecule has 1 aliphatic carbocycles. The van der Waals surface area contributed by atoms with Gasteiger partial charge in [-0.15, -0.1) is 0 Å². The Bertz CT molecular complexity index is 637. The third kappa shape index (κ3) is 2.88. The van der Waals surface area contributed by atoms with Gasteiger partial charge in [-0.25, -0.2) is 9.59 Å². The molecule has 2 fully saturated rings. The fourth-order valence-corrected chi connectivity index (χ4v) is 3.14. The average molecular weight is 367 g/mol. The molecule has 116 valence electrons. The van der Waals surface area contributed by atoms with Crippen molar-refractivity contribution in [2.24, 2.45) is 0 Å². The summed E-state index contributed by atoms with van der Waals surface area (Å²) in [4.78, 5) is 24.4. The van der Waals surface area contributed by atoms with E-state index >= 15 is 0 Å². The zero-order valence-electron chi connectivity index (χ0n) is 11.8. The fourth-order valence-electron chi connectivity index (χ4n) is 2.74. The van der Waals surface area contributed by atoms with Gasteiger partial charge in [-0.3, -0.25) is 0 Å². The summed E-state index contributed by atoms with van der Waals surface area (Å²) in [7, 11) is 0. The molecule has 1 saturated heterocycles. The van der Waals surface area contributed by atoms with Crippen LogP contribution in [0.5, 0.6) is 5.75 Å². The van der Waals surface area contributed by atoms with Crippen molar-refractivity contribution >= 4 is 33.9 Å². The van der Waals surface area contributed by atoms with Gasteiger partial charge in [0.25, 0.3) is 5.79 Å². The van der Waals surface area contributed by atoms with E-state index in [-0.39, 0.29) is 11.3 Å². The Labute approximate surface area is 136 Å². The summed E-state index contributed by atoms with van der Waals surface area (Å²) in [6.45, 7) is 0. The van der Waals surface area contributed by atoms with Crippen molar-refractivity contribution in [2.75, 3.05) is 0 Å². The van der Waals surface area contributed by atoms with Crippen molar-refractivity contribution < 1.29 is 24.2 Å². The van der Waals surface area contributed by atoms with Crippen LogP contribution in [0.2, 0.25) is 0 Å². The van der Waals surface area contributed by atoms with Crippen LogP contribution < -0.4 is 0 Å². The first-order chi connectivity index (χ1) is 10.5. The summed E-state index contributed by atoms with van der Waals surface area (Å²) >= 11 is 3.19. The molecule has 2 aliphatic rings. The van der Waals surface area contributed by atoms with E-state index < -0.39 is 17.7 Å². The SMILES string of the molecule is O=C1OC2(CCCCC2)OC(=O)C1=Cc1ccc(O)c(Br)c1. The van der Waals surface area contributed by atoms with E-state index in [1.807, 2.05) is 0 Å². The summed E-state index contributed by atoms with van der Waals surface area (Å²) < 4.78 is 11.3. The number of ether oxygens (including phenoxy) is 2.